The molecule has 5 rings (SSSR count). The molecular weight excluding hydrogens is 472 g/mol. The Kier molecular flexibility index (Phi) is 7.40. The first-order valence-corrected chi connectivity index (χ1v) is 13.7. The first-order chi connectivity index (χ1) is 17.8. The lowest BCUT2D eigenvalue weighted by atomic mass is 9.80. The van der Waals surface area contributed by atoms with E-state index in [1.165, 1.54) is 0 Å². The fraction of sp³-hybridized carbons (Fsp3) is 0.643. The first-order valence-electron chi connectivity index (χ1n) is 13.7. The third-order valence-corrected chi connectivity index (χ3v) is 8.69. The topological polar surface area (TPSA) is 109 Å². The summed E-state index contributed by atoms with van der Waals surface area (Å²) in [6.07, 6.45) is 6.68. The molecule has 0 bridgehead atoms. The van der Waals surface area contributed by atoms with Crippen LogP contribution in [0.5, 0.6) is 5.75 Å². The second-order valence-electron chi connectivity index (χ2n) is 11.3. The number of carbonyl (C=O) groups is 2. The molecule has 1 saturated carbocycles. The third kappa shape index (κ3) is 5.91. The van der Waals surface area contributed by atoms with Crippen LogP contribution in [0.2, 0.25) is 0 Å². The van der Waals surface area contributed by atoms with Crippen molar-refractivity contribution in [3.63, 3.8) is 0 Å². The fourth-order valence-corrected chi connectivity index (χ4v) is 6.36. The van der Waals surface area contributed by atoms with Crippen molar-refractivity contribution in [2.45, 2.75) is 63.1 Å². The number of piperidine rings is 2. The van der Waals surface area contributed by atoms with Crippen LogP contribution in [0.1, 0.15) is 51.4 Å². The largest absolute Gasteiger partial charge is 0.495 e. The Balaban J connectivity index is 1.03. The number of nitrogen functional groups attached to an aromatic ring is 1. The summed E-state index contributed by atoms with van der Waals surface area (Å²) < 4.78 is 11.9. The number of hydrogen-bond acceptors (Lipinski definition) is 7. The van der Waals surface area contributed by atoms with Crippen LogP contribution in [0.15, 0.2) is 36.7 Å². The van der Waals surface area contributed by atoms with Crippen LogP contribution in [0.4, 0.5) is 10.5 Å². The standard InChI is InChI=1S/C28H40N4O5/c1-20(33)30-16-12-28(13-17-30)19-32(27(35)37-28)18-21-2-4-22(5-3-21)26(34)31-14-10-25(11-15-31)36-24-8-6-23(29)7-9-24/h6-9,21-22,25,33H,1-5,10-19,29H2. The Bertz CT molecular complexity index is 975. The monoisotopic (exact) mass is 512 g/mol. The summed E-state index contributed by atoms with van der Waals surface area (Å²) in [5.74, 6) is 1.67. The number of ether oxygens (including phenoxy) is 2. The SMILES string of the molecule is C=C(O)N1CCC2(CC1)CN(CC1CCC(C(=O)N3CCC(Oc4ccc(N)cc4)CC3)CC1)C(=O)O2. The molecule has 3 saturated heterocycles. The molecule has 3 aliphatic heterocycles. The Morgan fingerprint density at radius 2 is 1.68 bits per heavy atom. The number of anilines is 1. The molecular formula is C28H40N4O5. The van der Waals surface area contributed by atoms with Crippen molar-refractivity contribution in [2.75, 3.05) is 45.0 Å². The smallest absolute Gasteiger partial charge is 0.410 e. The molecule has 1 aromatic rings. The van der Waals surface area contributed by atoms with Gasteiger partial charge < -0.3 is 35.0 Å². The molecule has 4 fully saturated rings. The van der Waals surface area contributed by atoms with Gasteiger partial charge in [0, 0.05) is 70.0 Å². The molecule has 1 spiro atoms. The highest BCUT2D eigenvalue weighted by Gasteiger charge is 2.47. The van der Waals surface area contributed by atoms with Gasteiger partial charge in [-0.3, -0.25) is 4.79 Å². The van der Waals surface area contributed by atoms with E-state index in [0.717, 1.165) is 63.1 Å². The minimum absolute atomic E-state index is 0.0817. The molecule has 0 radical (unpaired) electrons. The molecule has 1 aliphatic carbocycles. The van der Waals surface area contributed by atoms with Gasteiger partial charge in [-0.25, -0.2) is 4.79 Å². The zero-order chi connectivity index (χ0) is 26.0. The predicted octanol–water partition coefficient (Wildman–Crippen LogP) is 3.76. The Labute approximate surface area is 219 Å². The molecule has 4 aliphatic rings. The maximum absolute atomic E-state index is 13.2. The van der Waals surface area contributed by atoms with Gasteiger partial charge in [-0.05, 0) is 62.4 Å². The molecule has 1 aromatic carbocycles. The van der Waals surface area contributed by atoms with E-state index in [9.17, 15) is 14.7 Å². The van der Waals surface area contributed by atoms with Crippen molar-refractivity contribution < 1.29 is 24.2 Å². The van der Waals surface area contributed by atoms with Crippen LogP contribution in [-0.4, -0.2) is 82.8 Å². The van der Waals surface area contributed by atoms with Crippen molar-refractivity contribution in [1.29, 1.82) is 0 Å². The molecule has 0 unspecified atom stereocenters. The molecule has 202 valence electrons. The molecule has 37 heavy (non-hydrogen) atoms. The van der Waals surface area contributed by atoms with Crippen molar-refractivity contribution in [1.82, 2.24) is 14.7 Å². The van der Waals surface area contributed by atoms with E-state index in [0.29, 0.717) is 44.9 Å². The zero-order valence-electron chi connectivity index (χ0n) is 21.6. The van der Waals surface area contributed by atoms with Gasteiger partial charge in [0.1, 0.15) is 17.5 Å². The summed E-state index contributed by atoms with van der Waals surface area (Å²) in [6.45, 7) is 7.68. The third-order valence-electron chi connectivity index (χ3n) is 8.69. The summed E-state index contributed by atoms with van der Waals surface area (Å²) in [5, 5.41) is 9.62. The van der Waals surface area contributed by atoms with Gasteiger partial charge in [0.15, 0.2) is 5.88 Å². The Hall–Kier alpha value is -3.10. The molecule has 9 nitrogen and oxygen atoms in total. The van der Waals surface area contributed by atoms with Gasteiger partial charge in [0.05, 0.1) is 6.54 Å². The number of aliphatic hydroxyl groups excluding tert-OH is 1. The maximum atomic E-state index is 13.2. The number of nitrogens with zero attached hydrogens (tertiary/aromatic N) is 3. The molecule has 2 amide bonds. The van der Waals surface area contributed by atoms with Crippen LogP contribution < -0.4 is 10.5 Å². The average molecular weight is 513 g/mol. The number of benzene rings is 1. The van der Waals surface area contributed by atoms with Gasteiger partial charge >= 0.3 is 6.09 Å². The zero-order valence-corrected chi connectivity index (χ0v) is 21.6. The lowest BCUT2D eigenvalue weighted by Gasteiger charge is -2.38. The summed E-state index contributed by atoms with van der Waals surface area (Å²) in [5.41, 5.74) is 6.02. The van der Waals surface area contributed by atoms with Crippen molar-refractivity contribution >= 4 is 17.7 Å². The second kappa shape index (κ2) is 10.7. The average Bonchev–Trinajstić information content (AvgIpc) is 3.20. The lowest BCUT2D eigenvalue weighted by Crippen LogP contribution is -2.47. The summed E-state index contributed by atoms with van der Waals surface area (Å²) in [6, 6.07) is 7.47. The summed E-state index contributed by atoms with van der Waals surface area (Å²) in [4.78, 5) is 31.5. The summed E-state index contributed by atoms with van der Waals surface area (Å²) >= 11 is 0. The lowest BCUT2D eigenvalue weighted by molar-refractivity contribution is -0.138. The fourth-order valence-electron chi connectivity index (χ4n) is 6.36. The van der Waals surface area contributed by atoms with Crippen LogP contribution in [0.3, 0.4) is 0 Å². The van der Waals surface area contributed by atoms with E-state index < -0.39 is 5.60 Å². The number of nitrogens with two attached hydrogens (primary N) is 1. The highest BCUT2D eigenvalue weighted by Crippen LogP contribution is 2.37. The molecule has 0 aromatic heterocycles. The number of amides is 2. The van der Waals surface area contributed by atoms with E-state index in [4.69, 9.17) is 15.2 Å². The van der Waals surface area contributed by atoms with E-state index in [1.807, 2.05) is 39.0 Å². The quantitative estimate of drug-likeness (QED) is 0.441. The highest BCUT2D eigenvalue weighted by atomic mass is 16.6. The predicted molar refractivity (Wildman–Crippen MR) is 140 cm³/mol. The minimum atomic E-state index is -0.445. The van der Waals surface area contributed by atoms with Crippen LogP contribution in [0, 0.1) is 11.8 Å². The minimum Gasteiger partial charge on any atom is -0.495 e. The number of rotatable bonds is 6. The van der Waals surface area contributed by atoms with E-state index >= 15 is 0 Å². The van der Waals surface area contributed by atoms with Crippen LogP contribution in [0.25, 0.3) is 0 Å². The van der Waals surface area contributed by atoms with Crippen molar-refractivity contribution in [3.05, 3.63) is 36.7 Å². The first kappa shape index (κ1) is 25.5. The van der Waals surface area contributed by atoms with Crippen LogP contribution >= 0.6 is 0 Å². The van der Waals surface area contributed by atoms with Gasteiger partial charge in [-0.15, -0.1) is 0 Å². The number of aliphatic hydroxyl groups is 1. The van der Waals surface area contributed by atoms with Gasteiger partial charge in [0.2, 0.25) is 5.91 Å². The Morgan fingerprint density at radius 3 is 2.30 bits per heavy atom. The molecule has 9 heteroatoms. The van der Waals surface area contributed by atoms with E-state index in [1.54, 1.807) is 0 Å². The number of carbonyl (C=O) groups excluding carboxylic acids is 2. The number of hydrogen-bond donors (Lipinski definition) is 2. The number of likely N-dealkylation sites (tertiary alicyclic amines) is 2. The van der Waals surface area contributed by atoms with Crippen LogP contribution in [-0.2, 0) is 9.53 Å². The van der Waals surface area contributed by atoms with E-state index in [2.05, 4.69) is 6.58 Å². The molecule has 3 heterocycles. The van der Waals surface area contributed by atoms with E-state index in [-0.39, 0.29) is 29.9 Å². The normalized spacial score (nSPS) is 26.3. The molecule has 3 N–H and O–H groups in total. The van der Waals surface area contributed by atoms with Gasteiger partial charge in [-0.2, -0.15) is 0 Å². The summed E-state index contributed by atoms with van der Waals surface area (Å²) in [7, 11) is 0. The van der Waals surface area contributed by atoms with Crippen molar-refractivity contribution in [3.8, 4) is 5.75 Å². The Morgan fingerprint density at radius 1 is 1.03 bits per heavy atom. The highest BCUT2D eigenvalue weighted by molar-refractivity contribution is 5.79. The van der Waals surface area contributed by atoms with Gasteiger partial charge in [0.25, 0.3) is 0 Å². The van der Waals surface area contributed by atoms with Crippen molar-refractivity contribution in [2.24, 2.45) is 11.8 Å². The van der Waals surface area contributed by atoms with Gasteiger partial charge in [-0.1, -0.05) is 0 Å². The second-order valence-corrected chi connectivity index (χ2v) is 11.3. The molecule has 0 atom stereocenters. The maximum Gasteiger partial charge on any atom is 0.410 e.